The number of nitrogens with one attached hydrogen (secondary N) is 1. The van der Waals surface area contributed by atoms with Crippen LogP contribution in [0.3, 0.4) is 0 Å². The molecule has 1 aromatic rings. The molecule has 0 aromatic heterocycles. The van der Waals surface area contributed by atoms with E-state index >= 15 is 0 Å². The van der Waals surface area contributed by atoms with Gasteiger partial charge in [0.15, 0.2) is 0 Å². The van der Waals surface area contributed by atoms with E-state index in [2.05, 4.69) is 29.6 Å². The molecule has 1 fully saturated rings. The zero-order valence-corrected chi connectivity index (χ0v) is 14.2. The number of carbonyl (C=O) groups is 1. The fourth-order valence-electron chi connectivity index (χ4n) is 2.78. The van der Waals surface area contributed by atoms with Gasteiger partial charge in [-0.25, -0.2) is 0 Å². The first-order chi connectivity index (χ1) is 10.1. The van der Waals surface area contributed by atoms with Crippen LogP contribution in [0.1, 0.15) is 32.3 Å². The van der Waals surface area contributed by atoms with E-state index in [1.807, 2.05) is 19.9 Å². The number of nitrogens with two attached hydrogens (primary N) is 1. The van der Waals surface area contributed by atoms with Crippen LogP contribution in [0.15, 0.2) is 30.3 Å². The van der Waals surface area contributed by atoms with Crippen molar-refractivity contribution in [3.05, 3.63) is 35.9 Å². The van der Waals surface area contributed by atoms with E-state index in [0.717, 1.165) is 26.1 Å². The highest BCUT2D eigenvalue weighted by Gasteiger charge is 2.35. The summed E-state index contributed by atoms with van der Waals surface area (Å²) in [6.45, 7) is 5.88. The average molecular weight is 327 g/mol. The predicted molar refractivity (Wildman–Crippen MR) is 91.2 cm³/mol. The summed E-state index contributed by atoms with van der Waals surface area (Å²) in [5.74, 6) is -0.135. The Labute approximate surface area is 139 Å². The maximum absolute atomic E-state index is 12.2. The number of benzene rings is 1. The number of ether oxygens (including phenoxy) is 1. The summed E-state index contributed by atoms with van der Waals surface area (Å²) < 4.78 is 5.51. The van der Waals surface area contributed by atoms with Crippen molar-refractivity contribution in [3.63, 3.8) is 0 Å². The summed E-state index contributed by atoms with van der Waals surface area (Å²) >= 11 is 0. The molecule has 0 spiro atoms. The Morgan fingerprint density at radius 1 is 1.27 bits per heavy atom. The van der Waals surface area contributed by atoms with Crippen LogP contribution in [-0.4, -0.2) is 31.7 Å². The number of halogens is 1. The lowest BCUT2D eigenvalue weighted by atomic mass is 9.74. The molecule has 0 aliphatic carbocycles. The summed E-state index contributed by atoms with van der Waals surface area (Å²) in [7, 11) is 0. The van der Waals surface area contributed by atoms with Crippen molar-refractivity contribution in [3.8, 4) is 0 Å². The molecule has 2 unspecified atom stereocenters. The van der Waals surface area contributed by atoms with Gasteiger partial charge in [0, 0.05) is 37.1 Å². The van der Waals surface area contributed by atoms with Gasteiger partial charge in [0.1, 0.15) is 0 Å². The number of carbonyl (C=O) groups excluding carboxylic acids is 1. The molecule has 4 nitrogen and oxygen atoms in total. The Bertz CT molecular complexity index is 459. The highest BCUT2D eigenvalue weighted by atomic mass is 35.5. The fraction of sp³-hybridized carbons (Fsp3) is 0.588. The van der Waals surface area contributed by atoms with Gasteiger partial charge >= 0.3 is 0 Å². The second kappa shape index (κ2) is 8.51. The third-order valence-electron chi connectivity index (χ3n) is 4.64. The number of rotatable bonds is 5. The first kappa shape index (κ1) is 18.9. The van der Waals surface area contributed by atoms with Crippen molar-refractivity contribution < 1.29 is 9.53 Å². The molecular weight excluding hydrogens is 300 g/mol. The van der Waals surface area contributed by atoms with Crippen molar-refractivity contribution in [2.45, 2.75) is 38.1 Å². The molecule has 124 valence electrons. The van der Waals surface area contributed by atoms with Crippen LogP contribution in [0.5, 0.6) is 0 Å². The van der Waals surface area contributed by atoms with Crippen LogP contribution in [0.4, 0.5) is 0 Å². The fourth-order valence-corrected chi connectivity index (χ4v) is 2.78. The molecule has 0 saturated carbocycles. The van der Waals surface area contributed by atoms with Gasteiger partial charge in [-0.15, -0.1) is 12.4 Å². The molecule has 1 amide bonds. The largest absolute Gasteiger partial charge is 0.381 e. The maximum atomic E-state index is 12.2. The number of hydrogen-bond donors (Lipinski definition) is 2. The summed E-state index contributed by atoms with van der Waals surface area (Å²) in [4.78, 5) is 12.2. The molecule has 0 radical (unpaired) electrons. The lowest BCUT2D eigenvalue weighted by Gasteiger charge is -2.38. The molecular formula is C17H27ClN2O2. The first-order valence-corrected chi connectivity index (χ1v) is 7.72. The molecule has 1 heterocycles. The van der Waals surface area contributed by atoms with Gasteiger partial charge < -0.3 is 15.8 Å². The van der Waals surface area contributed by atoms with Crippen LogP contribution >= 0.6 is 12.4 Å². The summed E-state index contributed by atoms with van der Waals surface area (Å²) in [6, 6.07) is 10.3. The highest BCUT2D eigenvalue weighted by molar-refractivity contribution is 5.85. The monoisotopic (exact) mass is 326 g/mol. The Kier molecular flexibility index (Phi) is 7.33. The molecule has 2 atom stereocenters. The van der Waals surface area contributed by atoms with Crippen molar-refractivity contribution in [2.24, 2.45) is 11.7 Å². The standard InChI is InChI=1S/C17H26N2O2.ClH/c1-13(14(2)18)16(20)19-12-17(8-10-21-11-9-17)15-6-4-3-5-7-15;/h3-7,13-14H,8-12,18H2,1-2H3,(H,19,20);1H. The number of hydrogen-bond acceptors (Lipinski definition) is 3. The third kappa shape index (κ3) is 4.45. The minimum Gasteiger partial charge on any atom is -0.381 e. The van der Waals surface area contributed by atoms with Gasteiger partial charge in [0.2, 0.25) is 5.91 Å². The molecule has 3 N–H and O–H groups in total. The minimum atomic E-state index is -0.169. The van der Waals surface area contributed by atoms with Gasteiger partial charge in [-0.05, 0) is 25.3 Å². The molecule has 1 saturated heterocycles. The number of amides is 1. The zero-order chi connectivity index (χ0) is 15.3. The van der Waals surface area contributed by atoms with E-state index in [1.54, 1.807) is 0 Å². The van der Waals surface area contributed by atoms with Crippen molar-refractivity contribution in [2.75, 3.05) is 19.8 Å². The molecule has 0 bridgehead atoms. The van der Waals surface area contributed by atoms with Crippen LogP contribution in [0.25, 0.3) is 0 Å². The van der Waals surface area contributed by atoms with Gasteiger partial charge in [-0.3, -0.25) is 4.79 Å². The topological polar surface area (TPSA) is 64.4 Å². The van der Waals surface area contributed by atoms with Crippen molar-refractivity contribution >= 4 is 18.3 Å². The smallest absolute Gasteiger partial charge is 0.224 e. The molecule has 5 heteroatoms. The first-order valence-electron chi connectivity index (χ1n) is 7.72. The van der Waals surface area contributed by atoms with Gasteiger partial charge in [-0.1, -0.05) is 37.3 Å². The van der Waals surface area contributed by atoms with Crippen molar-refractivity contribution in [1.82, 2.24) is 5.32 Å². The third-order valence-corrected chi connectivity index (χ3v) is 4.64. The van der Waals surface area contributed by atoms with Crippen LogP contribution in [0.2, 0.25) is 0 Å². The summed E-state index contributed by atoms with van der Waals surface area (Å²) in [6.07, 6.45) is 1.87. The van der Waals surface area contributed by atoms with E-state index in [9.17, 15) is 4.79 Å². The molecule has 1 aromatic carbocycles. The van der Waals surface area contributed by atoms with Gasteiger partial charge in [-0.2, -0.15) is 0 Å². The zero-order valence-electron chi connectivity index (χ0n) is 13.4. The quantitative estimate of drug-likeness (QED) is 0.872. The summed E-state index contributed by atoms with van der Waals surface area (Å²) in [5.41, 5.74) is 7.07. The van der Waals surface area contributed by atoms with Crippen LogP contribution < -0.4 is 11.1 Å². The van der Waals surface area contributed by atoms with E-state index in [-0.39, 0.29) is 35.7 Å². The van der Waals surface area contributed by atoms with E-state index in [0.29, 0.717) is 6.54 Å². The summed E-state index contributed by atoms with van der Waals surface area (Å²) in [5, 5.41) is 3.10. The van der Waals surface area contributed by atoms with Crippen LogP contribution in [0, 0.1) is 5.92 Å². The Balaban J connectivity index is 0.00000242. The molecule has 1 aliphatic heterocycles. The van der Waals surface area contributed by atoms with Gasteiger partial charge in [0.25, 0.3) is 0 Å². The molecule has 2 rings (SSSR count). The Hall–Kier alpha value is -1.10. The second-order valence-electron chi connectivity index (χ2n) is 6.12. The van der Waals surface area contributed by atoms with Gasteiger partial charge in [0.05, 0.1) is 0 Å². The van der Waals surface area contributed by atoms with E-state index in [1.165, 1.54) is 5.56 Å². The van der Waals surface area contributed by atoms with Crippen LogP contribution in [-0.2, 0) is 14.9 Å². The lowest BCUT2D eigenvalue weighted by Crippen LogP contribution is -2.47. The van der Waals surface area contributed by atoms with Crippen molar-refractivity contribution in [1.29, 1.82) is 0 Å². The van der Waals surface area contributed by atoms with E-state index in [4.69, 9.17) is 10.5 Å². The SMILES string of the molecule is CC(N)C(C)C(=O)NCC1(c2ccccc2)CCOCC1.Cl. The minimum absolute atomic E-state index is 0. The molecule has 1 aliphatic rings. The predicted octanol–water partition coefficient (Wildman–Crippen LogP) is 2.26. The van der Waals surface area contributed by atoms with E-state index < -0.39 is 0 Å². The Morgan fingerprint density at radius 3 is 2.41 bits per heavy atom. The normalized spacial score (nSPS) is 19.6. The Morgan fingerprint density at radius 2 is 1.86 bits per heavy atom. The molecule has 22 heavy (non-hydrogen) atoms. The maximum Gasteiger partial charge on any atom is 0.224 e. The second-order valence-corrected chi connectivity index (χ2v) is 6.12. The average Bonchev–Trinajstić information content (AvgIpc) is 2.53. The highest BCUT2D eigenvalue weighted by Crippen LogP contribution is 2.34. The lowest BCUT2D eigenvalue weighted by molar-refractivity contribution is -0.125.